The lowest BCUT2D eigenvalue weighted by molar-refractivity contribution is -0.129. The summed E-state index contributed by atoms with van der Waals surface area (Å²) in [6.07, 6.45) is 5.01. The van der Waals surface area contributed by atoms with Gasteiger partial charge in [-0.1, -0.05) is 63.1 Å². The van der Waals surface area contributed by atoms with Crippen molar-refractivity contribution in [1.29, 1.82) is 0 Å². The van der Waals surface area contributed by atoms with E-state index in [1.165, 1.54) is 29.2 Å². The fraction of sp³-hybridized carbons (Fsp3) is 0.500. The van der Waals surface area contributed by atoms with Crippen LogP contribution in [-0.2, 0) is 16.0 Å². The molecule has 0 aliphatic heterocycles. The maximum Gasteiger partial charge on any atom is 0.163 e. The third kappa shape index (κ3) is 5.69. The van der Waals surface area contributed by atoms with Gasteiger partial charge in [0.15, 0.2) is 5.78 Å². The van der Waals surface area contributed by atoms with Crippen molar-refractivity contribution in [3.05, 3.63) is 58.7 Å². The number of Topliss-reactive ketones (excluding diaryl/α,β-unsaturated/α-hetero) is 3. The van der Waals surface area contributed by atoms with E-state index in [-0.39, 0.29) is 41.5 Å². The van der Waals surface area contributed by atoms with Crippen LogP contribution in [0.5, 0.6) is 0 Å². The van der Waals surface area contributed by atoms with Crippen LogP contribution in [0, 0.1) is 31.6 Å². The van der Waals surface area contributed by atoms with Crippen molar-refractivity contribution in [2.45, 2.75) is 79.6 Å². The molecule has 0 bridgehead atoms. The molecule has 0 saturated carbocycles. The normalized spacial score (nSPS) is 17.4. The number of fused-ring (bicyclic) bond motifs is 1. The number of hydrogen-bond acceptors (Lipinski definition) is 3. The molecule has 0 heterocycles. The molecule has 0 N–H and O–H groups in total. The molecule has 2 aromatic rings. The Balaban J connectivity index is 1.94. The minimum absolute atomic E-state index is 0.0295. The van der Waals surface area contributed by atoms with Crippen molar-refractivity contribution in [3.8, 4) is 11.1 Å². The molecule has 0 fully saturated rings. The average Bonchev–Trinajstić information content (AvgIpc) is 2.74. The first-order valence-corrected chi connectivity index (χ1v) is 12.5. The van der Waals surface area contributed by atoms with Crippen LogP contribution in [0.2, 0.25) is 0 Å². The predicted molar refractivity (Wildman–Crippen MR) is 135 cm³/mol. The highest BCUT2D eigenvalue weighted by molar-refractivity contribution is 6.02. The molecule has 3 unspecified atom stereocenters. The second-order valence-electron chi connectivity index (χ2n) is 9.94. The van der Waals surface area contributed by atoms with E-state index in [2.05, 4.69) is 44.2 Å². The van der Waals surface area contributed by atoms with Crippen LogP contribution in [0.1, 0.15) is 86.3 Å². The number of hydrogen-bond donors (Lipinski definition) is 0. The number of carbonyl (C=O) groups is 3. The topological polar surface area (TPSA) is 51.2 Å². The quantitative estimate of drug-likeness (QED) is 0.366. The zero-order valence-corrected chi connectivity index (χ0v) is 20.9. The summed E-state index contributed by atoms with van der Waals surface area (Å²) in [5.74, 6) is 0.589. The van der Waals surface area contributed by atoms with E-state index in [0.717, 1.165) is 43.2 Å². The molecule has 0 amide bonds. The monoisotopic (exact) mass is 446 g/mol. The second kappa shape index (κ2) is 11.0. The summed E-state index contributed by atoms with van der Waals surface area (Å²) in [5, 5.41) is 0. The Hall–Kier alpha value is -2.55. The van der Waals surface area contributed by atoms with Gasteiger partial charge in [0.25, 0.3) is 0 Å². The maximum atomic E-state index is 13.3. The van der Waals surface area contributed by atoms with E-state index in [1.54, 1.807) is 0 Å². The Bertz CT molecular complexity index is 1030. The summed E-state index contributed by atoms with van der Waals surface area (Å²) < 4.78 is 0. The molecule has 176 valence electrons. The highest BCUT2D eigenvalue weighted by Gasteiger charge is 2.34. The number of rotatable bonds is 10. The van der Waals surface area contributed by atoms with Gasteiger partial charge < -0.3 is 0 Å². The Morgan fingerprint density at radius 2 is 1.70 bits per heavy atom. The van der Waals surface area contributed by atoms with E-state index in [1.807, 2.05) is 19.9 Å². The largest absolute Gasteiger partial charge is 0.300 e. The smallest absolute Gasteiger partial charge is 0.163 e. The summed E-state index contributed by atoms with van der Waals surface area (Å²) in [4.78, 5) is 37.8. The fourth-order valence-corrected chi connectivity index (χ4v) is 5.87. The van der Waals surface area contributed by atoms with Crippen LogP contribution in [0.15, 0.2) is 36.4 Å². The van der Waals surface area contributed by atoms with Crippen LogP contribution in [-0.4, -0.2) is 17.3 Å². The molecule has 33 heavy (non-hydrogen) atoms. The van der Waals surface area contributed by atoms with Gasteiger partial charge in [0.1, 0.15) is 11.6 Å². The molecule has 0 spiro atoms. The maximum absolute atomic E-state index is 13.3. The van der Waals surface area contributed by atoms with E-state index >= 15 is 0 Å². The van der Waals surface area contributed by atoms with E-state index < -0.39 is 0 Å². The first-order valence-electron chi connectivity index (χ1n) is 12.5. The van der Waals surface area contributed by atoms with Gasteiger partial charge in [-0.15, -0.1) is 0 Å². The second-order valence-corrected chi connectivity index (χ2v) is 9.94. The van der Waals surface area contributed by atoms with E-state index in [4.69, 9.17) is 0 Å². The molecule has 2 aromatic carbocycles. The van der Waals surface area contributed by atoms with Crippen LogP contribution in [0.3, 0.4) is 0 Å². The van der Waals surface area contributed by atoms with Crippen LogP contribution in [0.4, 0.5) is 0 Å². The predicted octanol–water partition coefficient (Wildman–Crippen LogP) is 7.10. The average molecular weight is 447 g/mol. The van der Waals surface area contributed by atoms with Gasteiger partial charge in [-0.25, -0.2) is 0 Å². The first kappa shape index (κ1) is 25.1. The Morgan fingerprint density at radius 3 is 2.33 bits per heavy atom. The molecular formula is C30H38O3. The molecule has 3 heteroatoms. The summed E-state index contributed by atoms with van der Waals surface area (Å²) in [6.45, 7) is 9.84. The molecule has 0 radical (unpaired) electrons. The highest BCUT2D eigenvalue weighted by Crippen LogP contribution is 2.40. The lowest BCUT2D eigenvalue weighted by Gasteiger charge is -2.32. The standard InChI is InChI=1S/C30H38O3/c1-6-10-23(24(7-2)28(32)15-21(5)31)16-22-17-27-26(25-12-9-8-11-19(25)3)14-13-20(4)30(27)29(33)18-22/h8-9,11-14,22-24H,6-7,10,15-18H2,1-5H3. The minimum Gasteiger partial charge on any atom is -0.300 e. The van der Waals surface area contributed by atoms with Gasteiger partial charge in [0.2, 0.25) is 0 Å². The van der Waals surface area contributed by atoms with Crippen molar-refractivity contribution < 1.29 is 14.4 Å². The van der Waals surface area contributed by atoms with Crippen LogP contribution >= 0.6 is 0 Å². The zero-order valence-electron chi connectivity index (χ0n) is 20.9. The number of aryl methyl sites for hydroxylation is 2. The lowest BCUT2D eigenvalue weighted by Crippen LogP contribution is -2.30. The van der Waals surface area contributed by atoms with Gasteiger partial charge >= 0.3 is 0 Å². The van der Waals surface area contributed by atoms with Gasteiger partial charge in [-0.2, -0.15) is 0 Å². The van der Waals surface area contributed by atoms with Crippen LogP contribution in [0.25, 0.3) is 11.1 Å². The highest BCUT2D eigenvalue weighted by atomic mass is 16.1. The Labute approximate surface area is 199 Å². The Morgan fingerprint density at radius 1 is 0.970 bits per heavy atom. The summed E-state index contributed by atoms with van der Waals surface area (Å²) in [5.41, 5.74) is 6.69. The van der Waals surface area contributed by atoms with Gasteiger partial charge in [0, 0.05) is 17.9 Å². The van der Waals surface area contributed by atoms with Crippen molar-refractivity contribution in [1.82, 2.24) is 0 Å². The van der Waals surface area contributed by atoms with Crippen LogP contribution < -0.4 is 0 Å². The van der Waals surface area contributed by atoms with Crippen molar-refractivity contribution in [2.75, 3.05) is 0 Å². The molecule has 3 nitrogen and oxygen atoms in total. The summed E-state index contributed by atoms with van der Waals surface area (Å²) in [7, 11) is 0. The zero-order chi connectivity index (χ0) is 24.1. The SMILES string of the molecule is CCCC(CC1CC(=O)c2c(C)ccc(-c3ccccc3C)c2C1)C(CC)C(=O)CC(C)=O. The minimum atomic E-state index is -0.0984. The van der Waals surface area contributed by atoms with Gasteiger partial charge in [0.05, 0.1) is 6.42 Å². The van der Waals surface area contributed by atoms with Crippen molar-refractivity contribution in [3.63, 3.8) is 0 Å². The molecule has 0 saturated heterocycles. The molecule has 3 atom stereocenters. The molecule has 0 aromatic heterocycles. The molecular weight excluding hydrogens is 408 g/mol. The van der Waals surface area contributed by atoms with Crippen molar-refractivity contribution >= 4 is 17.3 Å². The Kier molecular flexibility index (Phi) is 8.40. The summed E-state index contributed by atoms with van der Waals surface area (Å²) in [6, 6.07) is 12.6. The summed E-state index contributed by atoms with van der Waals surface area (Å²) >= 11 is 0. The molecule has 1 aliphatic carbocycles. The third-order valence-corrected chi connectivity index (χ3v) is 7.34. The van der Waals surface area contributed by atoms with E-state index in [0.29, 0.717) is 6.42 Å². The number of benzene rings is 2. The van der Waals surface area contributed by atoms with E-state index in [9.17, 15) is 14.4 Å². The van der Waals surface area contributed by atoms with Gasteiger partial charge in [-0.05, 0) is 79.7 Å². The van der Waals surface area contributed by atoms with Gasteiger partial charge in [-0.3, -0.25) is 14.4 Å². The fourth-order valence-electron chi connectivity index (χ4n) is 5.87. The number of carbonyl (C=O) groups excluding carboxylic acids is 3. The third-order valence-electron chi connectivity index (χ3n) is 7.34. The lowest BCUT2D eigenvalue weighted by atomic mass is 9.71. The first-order chi connectivity index (χ1) is 15.8. The molecule has 3 rings (SSSR count). The molecule has 1 aliphatic rings. The van der Waals surface area contributed by atoms with Crippen molar-refractivity contribution in [2.24, 2.45) is 17.8 Å². The number of ketones is 3.